The van der Waals surface area contributed by atoms with E-state index in [0.29, 0.717) is 19.4 Å². The highest BCUT2D eigenvalue weighted by Gasteiger charge is 2.18. The number of nitrogens with one attached hydrogen (secondary N) is 1. The standard InChI is InChI=1S/C49H93NO5/c1-3-5-7-9-11-13-14-15-16-17-20-23-27-31-35-39-43-49(54)55-44-40-36-32-28-24-21-18-19-22-26-30-34-38-42-48(53)50-46(45-51)47(52)41-37-33-29-25-12-10-8-6-4-2/h16-17,37,41,46-47,51-52H,3-15,18-36,38-40,42-45H2,1-2H3,(H,50,53)/b17-16-,41-37+. The summed E-state index contributed by atoms with van der Waals surface area (Å²) in [5.74, 6) is -0.0996. The molecular weight excluding hydrogens is 683 g/mol. The highest BCUT2D eigenvalue weighted by atomic mass is 16.5. The second-order valence-corrected chi connectivity index (χ2v) is 16.4. The molecule has 0 aromatic carbocycles. The van der Waals surface area contributed by atoms with Crippen molar-refractivity contribution in [2.45, 2.75) is 264 Å². The van der Waals surface area contributed by atoms with Gasteiger partial charge in [0, 0.05) is 12.8 Å². The number of carbonyl (C=O) groups is 2. The fourth-order valence-corrected chi connectivity index (χ4v) is 7.21. The maximum absolute atomic E-state index is 12.3. The van der Waals surface area contributed by atoms with Crippen molar-refractivity contribution in [3.8, 4) is 0 Å². The average molecular weight is 776 g/mol. The molecule has 0 saturated carbocycles. The molecule has 0 aliphatic heterocycles. The van der Waals surface area contributed by atoms with Crippen molar-refractivity contribution in [2.24, 2.45) is 0 Å². The third kappa shape index (κ3) is 41.8. The van der Waals surface area contributed by atoms with Crippen molar-refractivity contribution in [1.29, 1.82) is 0 Å². The zero-order valence-electron chi connectivity index (χ0n) is 36.7. The molecule has 0 rings (SSSR count). The van der Waals surface area contributed by atoms with Crippen LogP contribution in [-0.2, 0) is 14.3 Å². The summed E-state index contributed by atoms with van der Waals surface area (Å²) in [5, 5.41) is 22.9. The smallest absolute Gasteiger partial charge is 0.305 e. The highest BCUT2D eigenvalue weighted by molar-refractivity contribution is 5.76. The SMILES string of the molecule is CCCCCCCCC/C=C\CCCCCCCC(=O)OCCCCCCCCCCCCCCCC(=O)NC(CO)C(O)/C=C/CCCCCCCCC. The van der Waals surface area contributed by atoms with Crippen LogP contribution in [0.25, 0.3) is 0 Å². The first-order chi connectivity index (χ1) is 27.0. The van der Waals surface area contributed by atoms with Gasteiger partial charge in [0.25, 0.3) is 0 Å². The maximum atomic E-state index is 12.3. The number of allylic oxidation sites excluding steroid dienone is 3. The number of hydrogen-bond acceptors (Lipinski definition) is 5. The molecule has 0 aromatic rings. The summed E-state index contributed by atoms with van der Waals surface area (Å²) < 4.78 is 5.46. The lowest BCUT2D eigenvalue weighted by atomic mass is 10.0. The minimum absolute atomic E-state index is 0.0152. The van der Waals surface area contributed by atoms with Crippen LogP contribution < -0.4 is 5.32 Å². The number of ether oxygens (including phenoxy) is 1. The van der Waals surface area contributed by atoms with E-state index < -0.39 is 12.1 Å². The number of unbranched alkanes of at least 4 members (excludes halogenated alkanes) is 31. The molecule has 0 saturated heterocycles. The van der Waals surface area contributed by atoms with Crippen molar-refractivity contribution < 1.29 is 24.5 Å². The summed E-state index contributed by atoms with van der Waals surface area (Å²) in [7, 11) is 0. The summed E-state index contributed by atoms with van der Waals surface area (Å²) in [4.78, 5) is 24.4. The van der Waals surface area contributed by atoms with E-state index in [1.54, 1.807) is 6.08 Å². The lowest BCUT2D eigenvalue weighted by Crippen LogP contribution is -2.45. The van der Waals surface area contributed by atoms with Crippen LogP contribution >= 0.6 is 0 Å². The first-order valence-corrected chi connectivity index (χ1v) is 24.1. The van der Waals surface area contributed by atoms with Crippen molar-refractivity contribution in [1.82, 2.24) is 5.32 Å². The Balaban J connectivity index is 3.45. The molecule has 0 bridgehead atoms. The fourth-order valence-electron chi connectivity index (χ4n) is 7.21. The minimum atomic E-state index is -0.850. The Bertz CT molecular complexity index is 858. The van der Waals surface area contributed by atoms with E-state index in [1.807, 2.05) is 6.08 Å². The molecule has 0 spiro atoms. The summed E-state index contributed by atoms with van der Waals surface area (Å²) in [5.41, 5.74) is 0. The second kappa shape index (κ2) is 45.0. The molecule has 0 heterocycles. The van der Waals surface area contributed by atoms with Crippen molar-refractivity contribution in [2.75, 3.05) is 13.2 Å². The quantitative estimate of drug-likeness (QED) is 0.0325. The first kappa shape index (κ1) is 53.3. The predicted molar refractivity (Wildman–Crippen MR) is 236 cm³/mol. The molecule has 0 aliphatic carbocycles. The van der Waals surface area contributed by atoms with E-state index in [-0.39, 0.29) is 18.5 Å². The number of esters is 1. The van der Waals surface area contributed by atoms with Crippen LogP contribution in [0.15, 0.2) is 24.3 Å². The Morgan fingerprint density at radius 2 is 0.855 bits per heavy atom. The van der Waals surface area contributed by atoms with Crippen LogP contribution in [0, 0.1) is 0 Å². The molecule has 3 N–H and O–H groups in total. The van der Waals surface area contributed by atoms with Crippen LogP contribution in [0.2, 0.25) is 0 Å². The molecule has 55 heavy (non-hydrogen) atoms. The van der Waals surface area contributed by atoms with E-state index in [9.17, 15) is 19.8 Å². The van der Waals surface area contributed by atoms with Crippen LogP contribution in [0.4, 0.5) is 0 Å². The number of aliphatic hydroxyl groups is 2. The number of amides is 1. The van der Waals surface area contributed by atoms with Crippen LogP contribution in [0.1, 0.15) is 251 Å². The molecule has 2 atom stereocenters. The lowest BCUT2D eigenvalue weighted by molar-refractivity contribution is -0.143. The van der Waals surface area contributed by atoms with E-state index in [4.69, 9.17) is 4.74 Å². The Morgan fingerprint density at radius 3 is 1.29 bits per heavy atom. The zero-order valence-corrected chi connectivity index (χ0v) is 36.7. The molecule has 324 valence electrons. The highest BCUT2D eigenvalue weighted by Crippen LogP contribution is 2.15. The number of aliphatic hydroxyl groups excluding tert-OH is 2. The van der Waals surface area contributed by atoms with Gasteiger partial charge in [-0.25, -0.2) is 0 Å². The summed E-state index contributed by atoms with van der Waals surface area (Å²) in [6.45, 7) is 4.83. The Labute approximate surface area is 341 Å². The molecule has 2 unspecified atom stereocenters. The Morgan fingerprint density at radius 1 is 0.491 bits per heavy atom. The summed E-state index contributed by atoms with van der Waals surface area (Å²) in [6, 6.07) is -0.635. The third-order valence-electron chi connectivity index (χ3n) is 11.0. The topological polar surface area (TPSA) is 95.9 Å². The third-order valence-corrected chi connectivity index (χ3v) is 11.0. The van der Waals surface area contributed by atoms with Crippen LogP contribution in [0.5, 0.6) is 0 Å². The minimum Gasteiger partial charge on any atom is -0.466 e. The average Bonchev–Trinajstić information content (AvgIpc) is 3.18. The van der Waals surface area contributed by atoms with Gasteiger partial charge in [0.2, 0.25) is 5.91 Å². The fraction of sp³-hybridized carbons (Fsp3) is 0.878. The van der Waals surface area contributed by atoms with Crippen molar-refractivity contribution >= 4 is 11.9 Å². The van der Waals surface area contributed by atoms with Gasteiger partial charge < -0.3 is 20.3 Å². The van der Waals surface area contributed by atoms with Gasteiger partial charge in [0.1, 0.15) is 0 Å². The Kier molecular flexibility index (Phi) is 43.7. The van der Waals surface area contributed by atoms with Crippen LogP contribution in [0.3, 0.4) is 0 Å². The van der Waals surface area contributed by atoms with Gasteiger partial charge in [0.15, 0.2) is 0 Å². The molecule has 0 aliphatic rings. The van der Waals surface area contributed by atoms with Crippen molar-refractivity contribution in [3.05, 3.63) is 24.3 Å². The molecule has 0 fully saturated rings. The van der Waals surface area contributed by atoms with Gasteiger partial charge >= 0.3 is 5.97 Å². The van der Waals surface area contributed by atoms with Gasteiger partial charge in [-0.1, -0.05) is 205 Å². The maximum Gasteiger partial charge on any atom is 0.305 e. The number of hydrogen-bond donors (Lipinski definition) is 3. The molecule has 0 radical (unpaired) electrons. The summed E-state index contributed by atoms with van der Waals surface area (Å²) >= 11 is 0. The van der Waals surface area contributed by atoms with E-state index in [0.717, 1.165) is 57.8 Å². The van der Waals surface area contributed by atoms with E-state index in [2.05, 4.69) is 31.3 Å². The predicted octanol–water partition coefficient (Wildman–Crippen LogP) is 14.0. The van der Waals surface area contributed by atoms with E-state index in [1.165, 1.54) is 167 Å². The number of rotatable bonds is 44. The van der Waals surface area contributed by atoms with Gasteiger partial charge in [-0.15, -0.1) is 0 Å². The first-order valence-electron chi connectivity index (χ1n) is 24.1. The number of carbonyl (C=O) groups excluding carboxylic acids is 2. The normalized spacial score (nSPS) is 12.9. The van der Waals surface area contributed by atoms with Gasteiger partial charge in [0.05, 0.1) is 25.4 Å². The van der Waals surface area contributed by atoms with Gasteiger partial charge in [-0.3, -0.25) is 9.59 Å². The molecular formula is C49H93NO5. The van der Waals surface area contributed by atoms with Crippen LogP contribution in [-0.4, -0.2) is 47.4 Å². The molecule has 6 heteroatoms. The largest absolute Gasteiger partial charge is 0.466 e. The Hall–Kier alpha value is -1.66. The monoisotopic (exact) mass is 776 g/mol. The zero-order chi connectivity index (χ0) is 40.1. The molecule has 0 aromatic heterocycles. The lowest BCUT2D eigenvalue weighted by Gasteiger charge is -2.20. The second-order valence-electron chi connectivity index (χ2n) is 16.4. The van der Waals surface area contributed by atoms with Gasteiger partial charge in [-0.2, -0.15) is 0 Å². The molecule has 1 amide bonds. The van der Waals surface area contributed by atoms with Gasteiger partial charge in [-0.05, 0) is 57.8 Å². The van der Waals surface area contributed by atoms with Crippen molar-refractivity contribution in [3.63, 3.8) is 0 Å². The molecule has 6 nitrogen and oxygen atoms in total. The van der Waals surface area contributed by atoms with E-state index >= 15 is 0 Å². The summed E-state index contributed by atoms with van der Waals surface area (Å²) in [6.07, 6.45) is 51.7.